The fraction of sp³-hybridized carbons (Fsp3) is 0.636. The van der Waals surface area contributed by atoms with Crippen molar-refractivity contribution in [3.05, 3.63) is 29.8 Å². The molecule has 1 aromatic rings. The lowest BCUT2D eigenvalue weighted by molar-refractivity contribution is -0.354. The molecule has 16 heteroatoms. The summed E-state index contributed by atoms with van der Waals surface area (Å²) in [6.45, 7) is 0.0968. The summed E-state index contributed by atoms with van der Waals surface area (Å²) in [6.07, 6.45) is -7.29. The number of carbonyl (C=O) groups is 2. The lowest BCUT2D eigenvalue weighted by Crippen LogP contribution is -2.59. The minimum atomic E-state index is -6.58. The summed E-state index contributed by atoms with van der Waals surface area (Å²) in [6, 6.07) is 5.00. The van der Waals surface area contributed by atoms with Gasteiger partial charge in [0.25, 0.3) is 0 Å². The maximum absolute atomic E-state index is 14.2. The van der Waals surface area contributed by atoms with E-state index in [-0.39, 0.29) is 12.8 Å². The topological polar surface area (TPSA) is 116 Å². The first-order chi connectivity index (χ1) is 17.3. The summed E-state index contributed by atoms with van der Waals surface area (Å²) >= 11 is 0. The maximum atomic E-state index is 14.2. The molecule has 0 saturated heterocycles. The average molecular weight is 582 g/mol. The van der Waals surface area contributed by atoms with Gasteiger partial charge in [-0.25, -0.2) is 4.79 Å². The van der Waals surface area contributed by atoms with Gasteiger partial charge in [0.1, 0.15) is 5.75 Å². The van der Waals surface area contributed by atoms with Crippen LogP contribution in [0.1, 0.15) is 50.5 Å². The minimum absolute atomic E-state index is 0.150. The van der Waals surface area contributed by atoms with Crippen LogP contribution < -0.4 is 4.74 Å². The first-order valence-corrected chi connectivity index (χ1v) is 12.7. The molecule has 8 nitrogen and oxygen atoms in total. The van der Waals surface area contributed by atoms with Crippen LogP contribution in [0.3, 0.4) is 0 Å². The smallest absolute Gasteiger partial charge is 0.421 e. The van der Waals surface area contributed by atoms with Gasteiger partial charge in [0.15, 0.2) is 0 Å². The largest absolute Gasteiger partial charge is 0.468 e. The van der Waals surface area contributed by atoms with E-state index >= 15 is 0 Å². The minimum Gasteiger partial charge on any atom is -0.421 e. The molecule has 1 atom stereocenters. The van der Waals surface area contributed by atoms with Crippen molar-refractivity contribution in [3.8, 4) is 5.75 Å². The Balaban J connectivity index is 2.32. The Morgan fingerprint density at radius 3 is 2.03 bits per heavy atom. The van der Waals surface area contributed by atoms with Crippen molar-refractivity contribution in [2.75, 3.05) is 6.61 Å². The zero-order chi connectivity index (χ0) is 29.0. The van der Waals surface area contributed by atoms with E-state index in [1.165, 1.54) is 12.1 Å². The van der Waals surface area contributed by atoms with Crippen molar-refractivity contribution >= 4 is 22.1 Å². The highest BCUT2D eigenvalue weighted by Crippen LogP contribution is 2.42. The molecule has 1 fully saturated rings. The summed E-state index contributed by atoms with van der Waals surface area (Å²) in [5, 5.41) is -5.96. The zero-order valence-electron chi connectivity index (χ0n) is 19.9. The monoisotopic (exact) mass is 582 g/mol. The highest BCUT2D eigenvalue weighted by molar-refractivity contribution is 7.87. The molecule has 38 heavy (non-hydrogen) atoms. The molecule has 0 aliphatic heterocycles. The fourth-order valence-electron chi connectivity index (χ4n) is 3.57. The Labute approximate surface area is 213 Å². The van der Waals surface area contributed by atoms with Crippen molar-refractivity contribution in [2.24, 2.45) is 5.92 Å². The molecule has 0 radical (unpaired) electrons. The number of hydrogen-bond donors (Lipinski definition) is 1. The molecular weight excluding hydrogens is 557 g/mol. The molecule has 0 amide bonds. The molecule has 2 rings (SSSR count). The third kappa shape index (κ3) is 7.14. The molecule has 1 N–H and O–H groups in total. The van der Waals surface area contributed by atoms with E-state index < -0.39 is 76.3 Å². The van der Waals surface area contributed by atoms with Gasteiger partial charge in [-0.05, 0) is 38.3 Å². The number of alkyl halides is 7. The van der Waals surface area contributed by atoms with Gasteiger partial charge in [-0.2, -0.15) is 39.2 Å². The van der Waals surface area contributed by atoms with Gasteiger partial charge < -0.3 is 14.2 Å². The molecule has 1 aromatic carbocycles. The normalized spacial score (nSPS) is 17.5. The van der Waals surface area contributed by atoms with Crippen LogP contribution in [-0.2, 0) is 29.2 Å². The molecule has 216 valence electrons. The number of benzene rings is 1. The Hall–Kier alpha value is -2.46. The SMILES string of the molecule is Cc1ccc(OC(=O)C(OCCCC(F)(F)C(F)(F)S(=O)(=O)O)(OC(=O)C2CCCCC2)C(F)(F)F)cc1. The van der Waals surface area contributed by atoms with Gasteiger partial charge in [-0.15, -0.1) is 0 Å². The van der Waals surface area contributed by atoms with Crippen molar-refractivity contribution in [2.45, 2.75) is 75.0 Å². The van der Waals surface area contributed by atoms with Crippen LogP contribution in [0, 0.1) is 12.8 Å². The predicted molar refractivity (Wildman–Crippen MR) is 115 cm³/mol. The van der Waals surface area contributed by atoms with Gasteiger partial charge in [0.05, 0.1) is 12.5 Å². The number of aryl methyl sites for hydroxylation is 1. The second kappa shape index (κ2) is 11.7. The second-order valence-corrected chi connectivity index (χ2v) is 10.2. The van der Waals surface area contributed by atoms with Crippen LogP contribution in [0.25, 0.3) is 0 Å². The Bertz CT molecular complexity index is 1080. The Morgan fingerprint density at radius 1 is 0.974 bits per heavy atom. The molecule has 0 spiro atoms. The van der Waals surface area contributed by atoms with E-state index in [4.69, 9.17) is 9.29 Å². The number of esters is 2. The van der Waals surface area contributed by atoms with E-state index in [0.29, 0.717) is 24.8 Å². The molecule has 1 aliphatic rings. The average Bonchev–Trinajstić information content (AvgIpc) is 2.81. The predicted octanol–water partition coefficient (Wildman–Crippen LogP) is 5.20. The molecule has 0 heterocycles. The van der Waals surface area contributed by atoms with Gasteiger partial charge in [0, 0.05) is 6.42 Å². The summed E-state index contributed by atoms with van der Waals surface area (Å²) < 4.78 is 140. The van der Waals surface area contributed by atoms with Crippen LogP contribution in [-0.4, -0.2) is 54.7 Å². The van der Waals surface area contributed by atoms with Gasteiger partial charge in [-0.1, -0.05) is 37.0 Å². The van der Waals surface area contributed by atoms with Crippen molar-refractivity contribution in [1.82, 2.24) is 0 Å². The third-order valence-electron chi connectivity index (χ3n) is 5.75. The van der Waals surface area contributed by atoms with Crippen LogP contribution in [0.4, 0.5) is 30.7 Å². The second-order valence-electron chi connectivity index (χ2n) is 8.72. The van der Waals surface area contributed by atoms with Crippen LogP contribution >= 0.6 is 0 Å². The lowest BCUT2D eigenvalue weighted by atomic mass is 9.89. The molecule has 0 bridgehead atoms. The summed E-state index contributed by atoms with van der Waals surface area (Å²) in [7, 11) is -6.58. The maximum Gasteiger partial charge on any atom is 0.468 e. The highest BCUT2D eigenvalue weighted by Gasteiger charge is 2.69. The number of hydrogen-bond acceptors (Lipinski definition) is 7. The first-order valence-electron chi connectivity index (χ1n) is 11.3. The molecule has 1 aliphatic carbocycles. The van der Waals surface area contributed by atoms with Crippen LogP contribution in [0.2, 0.25) is 0 Å². The van der Waals surface area contributed by atoms with Gasteiger partial charge in [0.2, 0.25) is 0 Å². The Kier molecular flexibility index (Phi) is 9.81. The van der Waals surface area contributed by atoms with Crippen LogP contribution in [0.15, 0.2) is 24.3 Å². The number of carbonyl (C=O) groups excluding carboxylic acids is 2. The lowest BCUT2D eigenvalue weighted by Gasteiger charge is -2.34. The number of rotatable bonds is 11. The van der Waals surface area contributed by atoms with E-state index in [0.717, 1.165) is 12.1 Å². The van der Waals surface area contributed by atoms with Crippen molar-refractivity contribution in [3.63, 3.8) is 0 Å². The summed E-state index contributed by atoms with van der Waals surface area (Å²) in [5.74, 6) is -15.1. The fourth-order valence-corrected chi connectivity index (χ4v) is 4.05. The van der Waals surface area contributed by atoms with Crippen molar-refractivity contribution in [1.29, 1.82) is 0 Å². The molecule has 0 aromatic heterocycles. The van der Waals surface area contributed by atoms with Gasteiger partial charge >= 0.3 is 45.2 Å². The van der Waals surface area contributed by atoms with Crippen molar-refractivity contribution < 1.29 is 67.5 Å². The zero-order valence-corrected chi connectivity index (χ0v) is 20.7. The quantitative estimate of drug-likeness (QED) is 0.0946. The summed E-state index contributed by atoms with van der Waals surface area (Å²) in [4.78, 5) is 25.3. The molecule has 1 saturated carbocycles. The van der Waals surface area contributed by atoms with E-state index in [2.05, 4.69) is 9.47 Å². The standard InChI is InChI=1S/C22H25F7O8S/c1-14-8-10-16(11-9-14)36-18(31)20(21(25,26)27,37-17(30)15-6-3-2-4-7-15)35-13-5-12-19(23,24)22(28,29)38(32,33)34/h8-11,15H,2-7,12-13H2,1H3,(H,32,33,34). The van der Waals surface area contributed by atoms with Crippen LogP contribution in [0.5, 0.6) is 5.75 Å². The Morgan fingerprint density at radius 2 is 1.53 bits per heavy atom. The highest BCUT2D eigenvalue weighted by atomic mass is 32.2. The van der Waals surface area contributed by atoms with E-state index in [1.807, 2.05) is 0 Å². The first kappa shape index (κ1) is 31.8. The number of ether oxygens (including phenoxy) is 3. The van der Waals surface area contributed by atoms with Gasteiger partial charge in [-0.3, -0.25) is 9.35 Å². The summed E-state index contributed by atoms with van der Waals surface area (Å²) in [5.41, 5.74) is 0.648. The molecule has 1 unspecified atom stereocenters. The van der Waals surface area contributed by atoms with E-state index in [9.17, 15) is 48.7 Å². The third-order valence-corrected chi connectivity index (χ3v) is 6.69. The molecular formula is C22H25F7O8S. The van der Waals surface area contributed by atoms with E-state index in [1.54, 1.807) is 6.92 Å². The number of halogens is 7.